The lowest BCUT2D eigenvalue weighted by atomic mass is 10.1. The molecule has 3 rings (SSSR count). The molecular formula is C13H14N2O2S2. The minimum atomic E-state index is -0.762. The summed E-state index contributed by atoms with van der Waals surface area (Å²) < 4.78 is 0. The molecule has 0 saturated carbocycles. The topological polar surface area (TPSA) is 53.4 Å². The zero-order chi connectivity index (χ0) is 13.5. The SMILES string of the molecule is CC1(O)CCN(C(=O)c2csc(-c3ccsc3)n2)C1. The molecule has 1 saturated heterocycles. The van der Waals surface area contributed by atoms with Crippen molar-refractivity contribution in [3.8, 4) is 10.6 Å². The summed E-state index contributed by atoms with van der Waals surface area (Å²) in [6.45, 7) is 2.74. The van der Waals surface area contributed by atoms with Gasteiger partial charge in [0, 0.05) is 29.4 Å². The summed E-state index contributed by atoms with van der Waals surface area (Å²) in [5, 5.41) is 16.6. The number of thiophene rings is 1. The van der Waals surface area contributed by atoms with E-state index in [0.717, 1.165) is 10.6 Å². The zero-order valence-corrected chi connectivity index (χ0v) is 12.1. The van der Waals surface area contributed by atoms with Crippen molar-refractivity contribution in [2.45, 2.75) is 18.9 Å². The van der Waals surface area contributed by atoms with E-state index in [2.05, 4.69) is 4.98 Å². The van der Waals surface area contributed by atoms with Crippen molar-refractivity contribution in [1.29, 1.82) is 0 Å². The number of aromatic nitrogens is 1. The number of hydrogen-bond acceptors (Lipinski definition) is 5. The van der Waals surface area contributed by atoms with Gasteiger partial charge in [0.2, 0.25) is 0 Å². The van der Waals surface area contributed by atoms with E-state index in [1.54, 1.807) is 28.5 Å². The van der Waals surface area contributed by atoms with Gasteiger partial charge in [-0.1, -0.05) is 0 Å². The van der Waals surface area contributed by atoms with Crippen LogP contribution in [-0.2, 0) is 0 Å². The van der Waals surface area contributed by atoms with Crippen LogP contribution in [0.15, 0.2) is 22.2 Å². The van der Waals surface area contributed by atoms with E-state index < -0.39 is 5.60 Å². The fraction of sp³-hybridized carbons (Fsp3) is 0.385. The fourth-order valence-corrected chi connectivity index (χ4v) is 3.68. The number of nitrogens with zero attached hydrogens (tertiary/aromatic N) is 2. The number of amides is 1. The molecule has 0 bridgehead atoms. The average molecular weight is 294 g/mol. The van der Waals surface area contributed by atoms with E-state index in [0.29, 0.717) is 25.2 Å². The summed E-state index contributed by atoms with van der Waals surface area (Å²) in [7, 11) is 0. The normalized spacial score (nSPS) is 22.9. The van der Waals surface area contributed by atoms with Gasteiger partial charge in [-0.25, -0.2) is 4.98 Å². The standard InChI is InChI=1S/C13H14N2O2S2/c1-13(17)3-4-15(8-13)12(16)10-7-19-11(14-10)9-2-5-18-6-9/h2,5-7,17H,3-4,8H2,1H3. The predicted octanol–water partition coefficient (Wildman–Crippen LogP) is 2.47. The van der Waals surface area contributed by atoms with Gasteiger partial charge in [0.25, 0.3) is 5.91 Å². The van der Waals surface area contributed by atoms with Crippen molar-refractivity contribution in [3.05, 3.63) is 27.9 Å². The van der Waals surface area contributed by atoms with Crippen LogP contribution in [0.2, 0.25) is 0 Å². The molecule has 2 aromatic heterocycles. The molecule has 2 aromatic rings. The second kappa shape index (κ2) is 4.70. The first kappa shape index (κ1) is 12.8. The highest BCUT2D eigenvalue weighted by atomic mass is 32.1. The molecule has 3 heterocycles. The van der Waals surface area contributed by atoms with Gasteiger partial charge in [-0.15, -0.1) is 11.3 Å². The van der Waals surface area contributed by atoms with Crippen LogP contribution in [0.25, 0.3) is 10.6 Å². The van der Waals surface area contributed by atoms with Gasteiger partial charge in [-0.3, -0.25) is 4.79 Å². The molecule has 1 amide bonds. The summed E-state index contributed by atoms with van der Waals surface area (Å²) in [5.74, 6) is -0.0875. The molecule has 1 N–H and O–H groups in total. The van der Waals surface area contributed by atoms with Gasteiger partial charge < -0.3 is 10.0 Å². The van der Waals surface area contributed by atoms with Gasteiger partial charge >= 0.3 is 0 Å². The number of aliphatic hydroxyl groups is 1. The molecule has 0 aliphatic carbocycles. The Hall–Kier alpha value is -1.24. The van der Waals surface area contributed by atoms with Crippen molar-refractivity contribution in [2.24, 2.45) is 0 Å². The van der Waals surface area contributed by atoms with Gasteiger partial charge in [0.15, 0.2) is 0 Å². The van der Waals surface area contributed by atoms with Crippen LogP contribution in [0.5, 0.6) is 0 Å². The van der Waals surface area contributed by atoms with E-state index >= 15 is 0 Å². The Bertz CT molecular complexity index is 590. The third kappa shape index (κ3) is 2.56. The summed E-state index contributed by atoms with van der Waals surface area (Å²) in [4.78, 5) is 18.3. The third-order valence-corrected chi connectivity index (χ3v) is 4.81. The van der Waals surface area contributed by atoms with Crippen LogP contribution in [0.4, 0.5) is 0 Å². The summed E-state index contributed by atoms with van der Waals surface area (Å²) in [6.07, 6.45) is 0.625. The molecule has 1 atom stereocenters. The molecule has 1 unspecified atom stereocenters. The Kier molecular flexibility index (Phi) is 3.16. The summed E-state index contributed by atoms with van der Waals surface area (Å²) in [6, 6.07) is 2.00. The highest BCUT2D eigenvalue weighted by molar-refractivity contribution is 7.14. The second-order valence-electron chi connectivity index (χ2n) is 5.02. The minimum Gasteiger partial charge on any atom is -0.388 e. The highest BCUT2D eigenvalue weighted by Gasteiger charge is 2.35. The van der Waals surface area contributed by atoms with Crippen molar-refractivity contribution < 1.29 is 9.90 Å². The van der Waals surface area contributed by atoms with Crippen LogP contribution in [0, 0.1) is 0 Å². The van der Waals surface area contributed by atoms with Crippen LogP contribution < -0.4 is 0 Å². The number of likely N-dealkylation sites (tertiary alicyclic amines) is 1. The maximum atomic E-state index is 12.3. The fourth-order valence-electron chi connectivity index (χ4n) is 2.17. The maximum absolute atomic E-state index is 12.3. The van der Waals surface area contributed by atoms with E-state index in [1.807, 2.05) is 16.8 Å². The lowest BCUT2D eigenvalue weighted by molar-refractivity contribution is 0.0569. The Labute approximate surface area is 119 Å². The van der Waals surface area contributed by atoms with Crippen molar-refractivity contribution >= 4 is 28.6 Å². The molecule has 0 aromatic carbocycles. The summed E-state index contributed by atoms with van der Waals surface area (Å²) >= 11 is 3.10. The number of carbonyl (C=O) groups is 1. The Morgan fingerprint density at radius 3 is 3.00 bits per heavy atom. The first-order chi connectivity index (χ1) is 9.05. The van der Waals surface area contributed by atoms with Gasteiger partial charge in [0.1, 0.15) is 10.7 Å². The third-order valence-electron chi connectivity index (χ3n) is 3.23. The van der Waals surface area contributed by atoms with Gasteiger partial charge in [-0.2, -0.15) is 11.3 Å². The zero-order valence-electron chi connectivity index (χ0n) is 10.5. The smallest absolute Gasteiger partial charge is 0.273 e. The number of thiazole rings is 1. The molecule has 0 radical (unpaired) electrons. The largest absolute Gasteiger partial charge is 0.388 e. The van der Waals surface area contributed by atoms with Crippen molar-refractivity contribution in [1.82, 2.24) is 9.88 Å². The van der Waals surface area contributed by atoms with Crippen molar-refractivity contribution in [3.63, 3.8) is 0 Å². The molecule has 100 valence electrons. The number of carbonyl (C=O) groups excluding carboxylic acids is 1. The van der Waals surface area contributed by atoms with Crippen molar-refractivity contribution in [2.75, 3.05) is 13.1 Å². The Morgan fingerprint density at radius 2 is 2.37 bits per heavy atom. The van der Waals surface area contributed by atoms with E-state index in [1.165, 1.54) is 11.3 Å². The molecule has 6 heteroatoms. The van der Waals surface area contributed by atoms with Gasteiger partial charge in [0.05, 0.1) is 5.60 Å². The molecule has 1 aliphatic rings. The van der Waals surface area contributed by atoms with Crippen LogP contribution >= 0.6 is 22.7 Å². The van der Waals surface area contributed by atoms with Crippen LogP contribution in [0.1, 0.15) is 23.8 Å². The Balaban J connectivity index is 1.78. The van der Waals surface area contributed by atoms with Crippen LogP contribution in [0.3, 0.4) is 0 Å². The molecular weight excluding hydrogens is 280 g/mol. The second-order valence-corrected chi connectivity index (χ2v) is 6.66. The highest BCUT2D eigenvalue weighted by Crippen LogP contribution is 2.27. The lowest BCUT2D eigenvalue weighted by Gasteiger charge is -2.17. The lowest BCUT2D eigenvalue weighted by Crippen LogP contribution is -2.34. The predicted molar refractivity (Wildman–Crippen MR) is 76.6 cm³/mol. The Morgan fingerprint density at radius 1 is 1.53 bits per heavy atom. The van der Waals surface area contributed by atoms with E-state index in [-0.39, 0.29) is 5.91 Å². The number of hydrogen-bond donors (Lipinski definition) is 1. The van der Waals surface area contributed by atoms with E-state index in [9.17, 15) is 9.90 Å². The quantitative estimate of drug-likeness (QED) is 0.925. The summed E-state index contributed by atoms with van der Waals surface area (Å²) in [5.41, 5.74) is 0.772. The first-order valence-corrected chi connectivity index (χ1v) is 7.87. The van der Waals surface area contributed by atoms with E-state index in [4.69, 9.17) is 0 Å². The molecule has 1 fully saturated rings. The monoisotopic (exact) mass is 294 g/mol. The molecule has 19 heavy (non-hydrogen) atoms. The maximum Gasteiger partial charge on any atom is 0.273 e. The van der Waals surface area contributed by atoms with Gasteiger partial charge in [-0.05, 0) is 24.8 Å². The average Bonchev–Trinajstić information content (AvgIpc) is 3.06. The first-order valence-electron chi connectivity index (χ1n) is 6.05. The van der Waals surface area contributed by atoms with Crippen LogP contribution in [-0.4, -0.2) is 39.6 Å². The molecule has 4 nitrogen and oxygen atoms in total. The molecule has 1 aliphatic heterocycles. The number of β-amino-alcohol motifs (C(OH)–C–C–N with tert-alkyl or cyclic N) is 1. The molecule has 0 spiro atoms. The minimum absolute atomic E-state index is 0.0875. The number of rotatable bonds is 2.